The number of aliphatic hydroxyl groups excluding tert-OH is 1. The van der Waals surface area contributed by atoms with Gasteiger partial charge in [0.2, 0.25) is 0 Å². The molecule has 0 saturated heterocycles. The van der Waals surface area contributed by atoms with E-state index in [0.717, 1.165) is 36.4 Å². The Hall–Kier alpha value is -0.450. The smallest absolute Gasteiger partial charge is 0.0957 e. The van der Waals surface area contributed by atoms with Gasteiger partial charge < -0.3 is 10.2 Å². The molecular weight excluding hydrogens is 246 g/mol. The van der Waals surface area contributed by atoms with Gasteiger partial charge in [-0.3, -0.25) is 0 Å². The van der Waals surface area contributed by atoms with Crippen LogP contribution in [0.3, 0.4) is 0 Å². The van der Waals surface area contributed by atoms with Crippen LogP contribution in [-0.4, -0.2) is 26.9 Å². The Morgan fingerprint density at radius 1 is 1.22 bits per heavy atom. The summed E-state index contributed by atoms with van der Waals surface area (Å²) < 4.78 is 0. The molecule has 0 aliphatic heterocycles. The number of aliphatic hydroxyl groups is 2. The SMILES string of the molecule is Cc1nc(CC(O)C2(O)CCCCCC2)sc1C. The number of thiazole rings is 1. The molecule has 1 aromatic rings. The van der Waals surface area contributed by atoms with E-state index >= 15 is 0 Å². The van der Waals surface area contributed by atoms with Gasteiger partial charge in [0.25, 0.3) is 0 Å². The highest BCUT2D eigenvalue weighted by Crippen LogP contribution is 2.32. The first-order chi connectivity index (χ1) is 8.51. The lowest BCUT2D eigenvalue weighted by Crippen LogP contribution is -2.43. The van der Waals surface area contributed by atoms with Gasteiger partial charge in [-0.15, -0.1) is 11.3 Å². The van der Waals surface area contributed by atoms with Crippen LogP contribution in [0.4, 0.5) is 0 Å². The van der Waals surface area contributed by atoms with Crippen molar-refractivity contribution < 1.29 is 10.2 Å². The summed E-state index contributed by atoms with van der Waals surface area (Å²) in [6.45, 7) is 4.03. The summed E-state index contributed by atoms with van der Waals surface area (Å²) in [5, 5.41) is 21.9. The first-order valence-corrected chi connectivity index (χ1v) is 7.66. The zero-order valence-electron chi connectivity index (χ0n) is 11.3. The number of aryl methyl sites for hydroxylation is 2. The average Bonchev–Trinajstić information content (AvgIpc) is 2.54. The third-order valence-corrected chi connectivity index (χ3v) is 5.13. The molecule has 4 heteroatoms. The molecule has 0 spiro atoms. The number of hydrogen-bond donors (Lipinski definition) is 2. The fraction of sp³-hybridized carbons (Fsp3) is 0.786. The van der Waals surface area contributed by atoms with E-state index in [1.165, 1.54) is 17.7 Å². The Bertz CT molecular complexity index is 375. The van der Waals surface area contributed by atoms with Gasteiger partial charge >= 0.3 is 0 Å². The molecule has 2 rings (SSSR count). The van der Waals surface area contributed by atoms with Gasteiger partial charge in [-0.25, -0.2) is 4.98 Å². The molecule has 0 radical (unpaired) electrons. The maximum atomic E-state index is 10.6. The fourth-order valence-electron chi connectivity index (χ4n) is 2.66. The van der Waals surface area contributed by atoms with Crippen LogP contribution in [0.5, 0.6) is 0 Å². The summed E-state index contributed by atoms with van der Waals surface area (Å²) in [4.78, 5) is 5.65. The van der Waals surface area contributed by atoms with Gasteiger partial charge in [-0.1, -0.05) is 25.7 Å². The van der Waals surface area contributed by atoms with Crippen molar-refractivity contribution in [2.75, 3.05) is 0 Å². The lowest BCUT2D eigenvalue weighted by molar-refractivity contribution is -0.0836. The molecule has 1 aliphatic rings. The zero-order valence-corrected chi connectivity index (χ0v) is 12.1. The van der Waals surface area contributed by atoms with Gasteiger partial charge in [0.15, 0.2) is 0 Å². The van der Waals surface area contributed by atoms with E-state index < -0.39 is 11.7 Å². The number of rotatable bonds is 3. The largest absolute Gasteiger partial charge is 0.390 e. The van der Waals surface area contributed by atoms with Crippen LogP contribution in [-0.2, 0) is 6.42 Å². The van der Waals surface area contributed by atoms with Crippen LogP contribution in [0.1, 0.15) is 54.1 Å². The van der Waals surface area contributed by atoms with Crippen molar-refractivity contribution in [1.82, 2.24) is 4.98 Å². The molecule has 0 aromatic carbocycles. The molecule has 2 N–H and O–H groups in total. The van der Waals surface area contributed by atoms with Gasteiger partial charge in [0.05, 0.1) is 22.4 Å². The Labute approximate surface area is 113 Å². The highest BCUT2D eigenvalue weighted by molar-refractivity contribution is 7.11. The van der Waals surface area contributed by atoms with E-state index in [-0.39, 0.29) is 0 Å². The van der Waals surface area contributed by atoms with E-state index in [4.69, 9.17) is 0 Å². The van der Waals surface area contributed by atoms with E-state index in [9.17, 15) is 10.2 Å². The van der Waals surface area contributed by atoms with Crippen molar-refractivity contribution in [1.29, 1.82) is 0 Å². The Morgan fingerprint density at radius 2 is 1.83 bits per heavy atom. The van der Waals surface area contributed by atoms with E-state index in [2.05, 4.69) is 4.98 Å². The normalized spacial score (nSPS) is 21.6. The van der Waals surface area contributed by atoms with Crippen molar-refractivity contribution >= 4 is 11.3 Å². The van der Waals surface area contributed by atoms with Crippen molar-refractivity contribution in [3.63, 3.8) is 0 Å². The van der Waals surface area contributed by atoms with E-state index in [1.807, 2.05) is 13.8 Å². The number of hydrogen-bond acceptors (Lipinski definition) is 4. The second-order valence-corrected chi connectivity index (χ2v) is 6.77. The first kappa shape index (κ1) is 14.0. The second-order valence-electron chi connectivity index (χ2n) is 5.49. The second kappa shape index (κ2) is 5.68. The predicted molar refractivity (Wildman–Crippen MR) is 74.0 cm³/mol. The monoisotopic (exact) mass is 269 g/mol. The van der Waals surface area contributed by atoms with Crippen molar-refractivity contribution in [2.45, 2.75) is 70.5 Å². The third kappa shape index (κ3) is 3.11. The average molecular weight is 269 g/mol. The standard InChI is InChI=1S/C14H23NO2S/c1-10-11(2)18-13(15-10)9-12(16)14(17)7-5-3-4-6-8-14/h12,16-17H,3-9H2,1-2H3. The molecule has 1 heterocycles. The number of aromatic nitrogens is 1. The molecule has 1 aliphatic carbocycles. The summed E-state index contributed by atoms with van der Waals surface area (Å²) >= 11 is 1.63. The maximum Gasteiger partial charge on any atom is 0.0957 e. The lowest BCUT2D eigenvalue weighted by atomic mass is 9.87. The van der Waals surface area contributed by atoms with Crippen LogP contribution in [0.25, 0.3) is 0 Å². The first-order valence-electron chi connectivity index (χ1n) is 6.84. The Kier molecular flexibility index (Phi) is 4.41. The molecule has 1 atom stereocenters. The maximum absolute atomic E-state index is 10.6. The van der Waals surface area contributed by atoms with E-state index in [0.29, 0.717) is 6.42 Å². The van der Waals surface area contributed by atoms with Crippen molar-refractivity contribution in [3.8, 4) is 0 Å². The van der Waals surface area contributed by atoms with Crippen LogP contribution >= 0.6 is 11.3 Å². The van der Waals surface area contributed by atoms with Gasteiger partial charge in [-0.05, 0) is 26.7 Å². The van der Waals surface area contributed by atoms with Crippen LogP contribution < -0.4 is 0 Å². The van der Waals surface area contributed by atoms with Crippen molar-refractivity contribution in [2.24, 2.45) is 0 Å². The summed E-state index contributed by atoms with van der Waals surface area (Å²) in [6, 6.07) is 0. The molecule has 102 valence electrons. The Morgan fingerprint density at radius 3 is 2.33 bits per heavy atom. The molecular formula is C14H23NO2S. The van der Waals surface area contributed by atoms with Gasteiger partial charge in [0, 0.05) is 11.3 Å². The van der Waals surface area contributed by atoms with E-state index in [1.54, 1.807) is 11.3 Å². The summed E-state index contributed by atoms with van der Waals surface area (Å²) in [5.41, 5.74) is 0.138. The number of nitrogens with zero attached hydrogens (tertiary/aromatic N) is 1. The quantitative estimate of drug-likeness (QED) is 0.830. The summed E-state index contributed by atoms with van der Waals surface area (Å²) in [5.74, 6) is 0. The highest BCUT2D eigenvalue weighted by atomic mass is 32.1. The molecule has 0 amide bonds. The third-order valence-electron chi connectivity index (χ3n) is 4.03. The van der Waals surface area contributed by atoms with Crippen LogP contribution in [0.15, 0.2) is 0 Å². The summed E-state index contributed by atoms with van der Waals surface area (Å²) in [6.07, 6.45) is 5.62. The predicted octanol–water partition coefficient (Wildman–Crippen LogP) is 2.75. The highest BCUT2D eigenvalue weighted by Gasteiger charge is 2.36. The zero-order chi connectivity index (χ0) is 13.2. The van der Waals surface area contributed by atoms with Gasteiger partial charge in [-0.2, -0.15) is 0 Å². The summed E-state index contributed by atoms with van der Waals surface area (Å²) in [7, 11) is 0. The van der Waals surface area contributed by atoms with Crippen LogP contribution in [0.2, 0.25) is 0 Å². The molecule has 3 nitrogen and oxygen atoms in total. The molecule has 1 saturated carbocycles. The molecule has 1 aromatic heterocycles. The molecule has 1 fully saturated rings. The Balaban J connectivity index is 2.03. The lowest BCUT2D eigenvalue weighted by Gasteiger charge is -2.31. The van der Waals surface area contributed by atoms with Crippen LogP contribution in [0, 0.1) is 13.8 Å². The minimum Gasteiger partial charge on any atom is -0.390 e. The molecule has 1 unspecified atom stereocenters. The minimum absolute atomic E-state index is 0.482. The molecule has 18 heavy (non-hydrogen) atoms. The van der Waals surface area contributed by atoms with Crippen molar-refractivity contribution in [3.05, 3.63) is 15.6 Å². The topological polar surface area (TPSA) is 53.4 Å². The molecule has 0 bridgehead atoms. The van der Waals surface area contributed by atoms with Gasteiger partial charge in [0.1, 0.15) is 0 Å². The minimum atomic E-state index is -0.899. The fourth-order valence-corrected chi connectivity index (χ4v) is 3.63.